The zero-order valence-corrected chi connectivity index (χ0v) is 14.0. The van der Waals surface area contributed by atoms with E-state index < -0.39 is 10.2 Å². The average Bonchev–Trinajstić information content (AvgIpc) is 2.47. The normalized spacial score (nSPS) is 27.6. The van der Waals surface area contributed by atoms with E-state index in [1.807, 2.05) is 0 Å². The van der Waals surface area contributed by atoms with Gasteiger partial charge in [-0.1, -0.05) is 6.92 Å². The van der Waals surface area contributed by atoms with Crippen molar-refractivity contribution in [2.24, 2.45) is 11.3 Å². The van der Waals surface area contributed by atoms with Gasteiger partial charge in [0.05, 0.1) is 6.61 Å². The molecule has 1 unspecified atom stereocenters. The van der Waals surface area contributed by atoms with Gasteiger partial charge in [-0.05, 0) is 44.7 Å². The molecule has 0 saturated carbocycles. The Balaban J connectivity index is 1.95. The van der Waals surface area contributed by atoms with Crippen molar-refractivity contribution in [1.82, 2.24) is 14.3 Å². The van der Waals surface area contributed by atoms with Gasteiger partial charge in [-0.25, -0.2) is 4.72 Å². The summed E-state index contributed by atoms with van der Waals surface area (Å²) in [6.45, 7) is 6.30. The molecule has 0 radical (unpaired) electrons. The Morgan fingerprint density at radius 3 is 2.71 bits per heavy atom. The Kier molecular flexibility index (Phi) is 6.02. The van der Waals surface area contributed by atoms with Gasteiger partial charge in [-0.15, -0.1) is 0 Å². The van der Waals surface area contributed by atoms with Gasteiger partial charge >= 0.3 is 0 Å². The van der Waals surface area contributed by atoms with E-state index >= 15 is 0 Å². The second-order valence-electron chi connectivity index (χ2n) is 6.61. The number of hydrogen-bond acceptors (Lipinski definition) is 4. The minimum atomic E-state index is -3.36. The number of piperidine rings is 2. The van der Waals surface area contributed by atoms with Crippen molar-refractivity contribution in [2.75, 3.05) is 46.4 Å². The molecule has 0 aromatic rings. The maximum Gasteiger partial charge on any atom is 0.279 e. The molecule has 2 saturated heterocycles. The summed E-state index contributed by atoms with van der Waals surface area (Å²) in [6, 6.07) is 0. The molecule has 2 fully saturated rings. The third-order valence-corrected chi connectivity index (χ3v) is 6.22. The van der Waals surface area contributed by atoms with E-state index in [0.717, 1.165) is 38.8 Å². The summed E-state index contributed by atoms with van der Waals surface area (Å²) >= 11 is 0. The summed E-state index contributed by atoms with van der Waals surface area (Å²) in [5.74, 6) is 0.446. The topological polar surface area (TPSA) is 70.7 Å². The fourth-order valence-electron chi connectivity index (χ4n) is 3.34. The largest absolute Gasteiger partial charge is 0.384 e. The number of rotatable bonds is 6. The summed E-state index contributed by atoms with van der Waals surface area (Å²) in [4.78, 5) is 0. The average molecular weight is 319 g/mol. The molecule has 124 valence electrons. The number of nitrogens with zero attached hydrogens (tertiary/aromatic N) is 1. The summed E-state index contributed by atoms with van der Waals surface area (Å²) < 4.78 is 34.7. The van der Waals surface area contributed by atoms with Crippen molar-refractivity contribution in [2.45, 2.75) is 32.6 Å². The van der Waals surface area contributed by atoms with E-state index in [1.165, 1.54) is 0 Å². The molecule has 0 aromatic heterocycles. The molecule has 21 heavy (non-hydrogen) atoms. The number of nitrogens with one attached hydrogen (secondary N) is 2. The Morgan fingerprint density at radius 1 is 1.38 bits per heavy atom. The van der Waals surface area contributed by atoms with Crippen molar-refractivity contribution in [1.29, 1.82) is 0 Å². The molecule has 0 amide bonds. The molecule has 6 nitrogen and oxygen atoms in total. The Bertz CT molecular complexity index is 416. The molecule has 0 aromatic carbocycles. The first-order valence-corrected chi connectivity index (χ1v) is 9.36. The third kappa shape index (κ3) is 4.63. The Labute approximate surface area is 128 Å². The van der Waals surface area contributed by atoms with Gasteiger partial charge in [0.25, 0.3) is 10.2 Å². The molecule has 2 heterocycles. The van der Waals surface area contributed by atoms with Crippen LogP contribution in [-0.4, -0.2) is 59.2 Å². The van der Waals surface area contributed by atoms with Crippen LogP contribution in [0, 0.1) is 11.3 Å². The fraction of sp³-hybridized carbons (Fsp3) is 1.00. The first-order chi connectivity index (χ1) is 9.97. The SMILES string of the molecule is COCC1(CNS(=O)(=O)N2CCCC(C)C2)CCNCC1. The lowest BCUT2D eigenvalue weighted by Gasteiger charge is -2.38. The minimum Gasteiger partial charge on any atom is -0.384 e. The van der Waals surface area contributed by atoms with E-state index in [9.17, 15) is 8.42 Å². The minimum absolute atomic E-state index is 0.0749. The van der Waals surface area contributed by atoms with Crippen LogP contribution in [0.15, 0.2) is 0 Å². The van der Waals surface area contributed by atoms with E-state index in [0.29, 0.717) is 32.2 Å². The predicted molar refractivity (Wildman–Crippen MR) is 83.3 cm³/mol. The lowest BCUT2D eigenvalue weighted by molar-refractivity contribution is 0.0573. The standard InChI is InChI=1S/C14H29N3O3S/c1-13-4-3-9-17(10-13)21(18,19)16-11-14(12-20-2)5-7-15-8-6-14/h13,15-16H,3-12H2,1-2H3. The number of ether oxygens (including phenoxy) is 1. The van der Waals surface area contributed by atoms with Gasteiger partial charge < -0.3 is 10.1 Å². The summed E-state index contributed by atoms with van der Waals surface area (Å²) in [5, 5.41) is 3.32. The summed E-state index contributed by atoms with van der Waals surface area (Å²) in [6.07, 6.45) is 3.96. The first kappa shape index (κ1) is 17.1. The first-order valence-electron chi connectivity index (χ1n) is 7.92. The molecule has 2 aliphatic rings. The lowest BCUT2D eigenvalue weighted by atomic mass is 9.80. The number of hydrogen-bond donors (Lipinski definition) is 2. The molecule has 2 rings (SSSR count). The van der Waals surface area contributed by atoms with E-state index in [2.05, 4.69) is 17.0 Å². The van der Waals surface area contributed by atoms with Crippen LogP contribution in [0.25, 0.3) is 0 Å². The van der Waals surface area contributed by atoms with Crippen LogP contribution in [0.3, 0.4) is 0 Å². The zero-order chi connectivity index (χ0) is 15.3. The second kappa shape index (κ2) is 7.37. The molecule has 0 bridgehead atoms. The van der Waals surface area contributed by atoms with Gasteiger partial charge in [0.1, 0.15) is 0 Å². The number of methoxy groups -OCH3 is 1. The maximum atomic E-state index is 12.5. The van der Waals surface area contributed by atoms with Crippen LogP contribution in [0.5, 0.6) is 0 Å². The third-order valence-electron chi connectivity index (χ3n) is 4.70. The van der Waals surface area contributed by atoms with E-state index in [4.69, 9.17) is 4.74 Å². The second-order valence-corrected chi connectivity index (χ2v) is 8.37. The van der Waals surface area contributed by atoms with E-state index in [1.54, 1.807) is 11.4 Å². The molecule has 1 atom stereocenters. The fourth-order valence-corrected chi connectivity index (χ4v) is 4.83. The monoisotopic (exact) mass is 319 g/mol. The van der Waals surface area contributed by atoms with Gasteiger partial charge in [0.15, 0.2) is 0 Å². The van der Waals surface area contributed by atoms with E-state index in [-0.39, 0.29) is 5.41 Å². The van der Waals surface area contributed by atoms with Crippen LogP contribution in [0.4, 0.5) is 0 Å². The highest BCUT2D eigenvalue weighted by molar-refractivity contribution is 7.87. The Hall–Kier alpha value is -0.210. The Morgan fingerprint density at radius 2 is 2.10 bits per heavy atom. The lowest BCUT2D eigenvalue weighted by Crippen LogP contribution is -2.51. The summed E-state index contributed by atoms with van der Waals surface area (Å²) in [5.41, 5.74) is -0.0749. The highest BCUT2D eigenvalue weighted by atomic mass is 32.2. The molecule has 2 aliphatic heterocycles. The van der Waals surface area contributed by atoms with Crippen LogP contribution >= 0.6 is 0 Å². The molecule has 0 spiro atoms. The van der Waals surface area contributed by atoms with Gasteiger partial charge in [0, 0.05) is 32.2 Å². The van der Waals surface area contributed by atoms with Crippen LogP contribution in [-0.2, 0) is 14.9 Å². The molecule has 0 aliphatic carbocycles. The molecular weight excluding hydrogens is 290 g/mol. The zero-order valence-electron chi connectivity index (χ0n) is 13.2. The van der Waals surface area contributed by atoms with Gasteiger partial charge in [-0.3, -0.25) is 0 Å². The maximum absolute atomic E-state index is 12.5. The predicted octanol–water partition coefficient (Wildman–Crippen LogP) is 0.569. The van der Waals surface area contributed by atoms with Crippen molar-refractivity contribution < 1.29 is 13.2 Å². The molecule has 2 N–H and O–H groups in total. The smallest absolute Gasteiger partial charge is 0.279 e. The van der Waals surface area contributed by atoms with Crippen molar-refractivity contribution in [3.63, 3.8) is 0 Å². The highest BCUT2D eigenvalue weighted by Gasteiger charge is 2.35. The molecule has 7 heteroatoms. The van der Waals surface area contributed by atoms with Gasteiger partial charge in [-0.2, -0.15) is 12.7 Å². The van der Waals surface area contributed by atoms with Crippen LogP contribution in [0.1, 0.15) is 32.6 Å². The highest BCUT2D eigenvalue weighted by Crippen LogP contribution is 2.29. The quantitative estimate of drug-likeness (QED) is 0.751. The van der Waals surface area contributed by atoms with Crippen molar-refractivity contribution in [3.05, 3.63) is 0 Å². The van der Waals surface area contributed by atoms with Gasteiger partial charge in [0.2, 0.25) is 0 Å². The van der Waals surface area contributed by atoms with Crippen molar-refractivity contribution in [3.8, 4) is 0 Å². The molecular formula is C14H29N3O3S. The van der Waals surface area contributed by atoms with Crippen LogP contribution < -0.4 is 10.0 Å². The van der Waals surface area contributed by atoms with Crippen molar-refractivity contribution >= 4 is 10.2 Å². The summed E-state index contributed by atoms with van der Waals surface area (Å²) in [7, 11) is -1.68. The van der Waals surface area contributed by atoms with Crippen LogP contribution in [0.2, 0.25) is 0 Å².